The monoisotopic (exact) mass is 117 g/mol. The summed E-state index contributed by atoms with van der Waals surface area (Å²) in [5.74, 6) is 0. The highest BCUT2D eigenvalue weighted by Crippen LogP contribution is 2.11. The van der Waals surface area contributed by atoms with Crippen LogP contribution in [-0.4, -0.2) is 18.7 Å². The van der Waals surface area contributed by atoms with Crippen molar-refractivity contribution < 1.29 is 0 Å². The van der Waals surface area contributed by atoms with Gasteiger partial charge in [0.2, 0.25) is 0 Å². The fourth-order valence-corrected chi connectivity index (χ4v) is 1.18. The highest BCUT2D eigenvalue weighted by Gasteiger charge is 2.05. The van der Waals surface area contributed by atoms with Crippen LogP contribution < -0.4 is 5.32 Å². The van der Waals surface area contributed by atoms with Crippen LogP contribution in [0.4, 0.5) is 0 Å². The van der Waals surface area contributed by atoms with Crippen LogP contribution in [0.25, 0.3) is 0 Å². The second-order valence-electron chi connectivity index (χ2n) is 2.09. The van der Waals surface area contributed by atoms with E-state index in [0.717, 1.165) is 5.66 Å². The summed E-state index contributed by atoms with van der Waals surface area (Å²) >= 11 is 0. The molecule has 1 N–H and O–H groups in total. The average Bonchev–Trinajstić information content (AvgIpc) is 1.69. The maximum Gasteiger partial charge on any atom is -0.00431 e. The topological polar surface area (TPSA) is 12.0 Å². The van der Waals surface area contributed by atoms with Gasteiger partial charge in [-0.15, -0.1) is 9.24 Å². The van der Waals surface area contributed by atoms with Gasteiger partial charge in [-0.25, -0.2) is 0 Å². The molecule has 0 aromatic heterocycles. The highest BCUT2D eigenvalue weighted by atomic mass is 31.0. The van der Waals surface area contributed by atoms with Gasteiger partial charge in [0, 0.05) is 0 Å². The maximum absolute atomic E-state index is 3.30. The minimum absolute atomic E-state index is 0.890. The Hall–Kier alpha value is 0.390. The van der Waals surface area contributed by atoms with Crippen molar-refractivity contribution in [2.24, 2.45) is 0 Å². The van der Waals surface area contributed by atoms with Crippen molar-refractivity contribution in [2.75, 3.05) is 13.1 Å². The van der Waals surface area contributed by atoms with Crippen molar-refractivity contribution >= 4 is 9.24 Å². The number of nitrogens with one attached hydrogen (secondary N) is 1. The lowest BCUT2D eigenvalue weighted by atomic mass is 10.2. The minimum atomic E-state index is 0.890. The molecule has 1 nitrogen and oxygen atoms in total. The molecule has 1 unspecified atom stereocenters. The van der Waals surface area contributed by atoms with E-state index in [0.29, 0.717) is 0 Å². The molecule has 2 heteroatoms. The van der Waals surface area contributed by atoms with Crippen LogP contribution in [-0.2, 0) is 0 Å². The lowest BCUT2D eigenvalue weighted by molar-refractivity contribution is 0.531. The average molecular weight is 117 g/mol. The van der Waals surface area contributed by atoms with Crippen molar-refractivity contribution in [1.82, 2.24) is 5.32 Å². The summed E-state index contributed by atoms with van der Waals surface area (Å²) in [5, 5.41) is 3.30. The molecule has 0 aromatic carbocycles. The van der Waals surface area contributed by atoms with Gasteiger partial charge in [-0.1, -0.05) is 0 Å². The molecule has 1 atom stereocenters. The van der Waals surface area contributed by atoms with Gasteiger partial charge in [-0.05, 0) is 31.6 Å². The Kier molecular flexibility index (Phi) is 2.08. The molecular formula is C5H12NP. The molecule has 0 saturated carbocycles. The Labute approximate surface area is 47.1 Å². The first-order chi connectivity index (χ1) is 3.39. The van der Waals surface area contributed by atoms with E-state index in [1.807, 2.05) is 0 Å². The number of rotatable bonds is 0. The molecule has 1 saturated heterocycles. The molecule has 0 radical (unpaired) electrons. The van der Waals surface area contributed by atoms with Crippen LogP contribution in [0.3, 0.4) is 0 Å². The summed E-state index contributed by atoms with van der Waals surface area (Å²) in [6, 6.07) is 0. The van der Waals surface area contributed by atoms with E-state index in [4.69, 9.17) is 0 Å². The standard InChI is InChI=1S/C5H12NP/c7-5-1-3-6-4-2-5/h5-6H,1-4,7H2. The van der Waals surface area contributed by atoms with Crippen LogP contribution in [0.2, 0.25) is 0 Å². The molecule has 42 valence electrons. The fraction of sp³-hybridized carbons (Fsp3) is 1.00. The van der Waals surface area contributed by atoms with Crippen LogP contribution in [0.15, 0.2) is 0 Å². The van der Waals surface area contributed by atoms with E-state index in [2.05, 4.69) is 14.6 Å². The van der Waals surface area contributed by atoms with Gasteiger partial charge in [-0.2, -0.15) is 0 Å². The highest BCUT2D eigenvalue weighted by molar-refractivity contribution is 7.17. The molecular weight excluding hydrogens is 105 g/mol. The minimum Gasteiger partial charge on any atom is -0.317 e. The van der Waals surface area contributed by atoms with Crippen molar-refractivity contribution in [3.05, 3.63) is 0 Å². The second-order valence-corrected chi connectivity index (χ2v) is 3.03. The van der Waals surface area contributed by atoms with Crippen LogP contribution in [0.1, 0.15) is 12.8 Å². The van der Waals surface area contributed by atoms with Gasteiger partial charge in [0.25, 0.3) is 0 Å². The number of hydrogen-bond acceptors (Lipinski definition) is 1. The third-order valence-corrected chi connectivity index (χ3v) is 2.05. The Morgan fingerprint density at radius 2 is 1.86 bits per heavy atom. The zero-order chi connectivity index (χ0) is 5.11. The van der Waals surface area contributed by atoms with Gasteiger partial charge in [0.05, 0.1) is 0 Å². The lowest BCUT2D eigenvalue weighted by Crippen LogP contribution is -2.27. The summed E-state index contributed by atoms with van der Waals surface area (Å²) in [5.41, 5.74) is 0.890. The Bertz CT molecular complexity index is 50.0. The van der Waals surface area contributed by atoms with Gasteiger partial charge >= 0.3 is 0 Å². The molecule has 7 heavy (non-hydrogen) atoms. The van der Waals surface area contributed by atoms with E-state index < -0.39 is 0 Å². The zero-order valence-corrected chi connectivity index (χ0v) is 5.64. The third kappa shape index (κ3) is 1.75. The summed E-state index contributed by atoms with van der Waals surface area (Å²) in [7, 11) is 2.87. The molecule has 1 heterocycles. The fourth-order valence-electron chi connectivity index (χ4n) is 0.844. The first-order valence-corrected chi connectivity index (χ1v) is 3.52. The van der Waals surface area contributed by atoms with Crippen LogP contribution in [0.5, 0.6) is 0 Å². The van der Waals surface area contributed by atoms with Gasteiger partial charge in [-0.3, -0.25) is 0 Å². The molecule has 0 spiro atoms. The van der Waals surface area contributed by atoms with Gasteiger partial charge in [0.15, 0.2) is 0 Å². The summed E-state index contributed by atoms with van der Waals surface area (Å²) in [4.78, 5) is 0. The molecule has 0 aliphatic carbocycles. The smallest absolute Gasteiger partial charge is 0.00431 e. The van der Waals surface area contributed by atoms with Crippen molar-refractivity contribution in [3.63, 3.8) is 0 Å². The summed E-state index contributed by atoms with van der Waals surface area (Å²) in [6.07, 6.45) is 2.68. The first kappa shape index (κ1) is 5.53. The van der Waals surface area contributed by atoms with Gasteiger partial charge in [0.1, 0.15) is 0 Å². The molecule has 0 aromatic rings. The van der Waals surface area contributed by atoms with Crippen molar-refractivity contribution in [1.29, 1.82) is 0 Å². The van der Waals surface area contributed by atoms with E-state index >= 15 is 0 Å². The Balaban J connectivity index is 2.12. The molecule has 1 aliphatic heterocycles. The van der Waals surface area contributed by atoms with E-state index in [-0.39, 0.29) is 0 Å². The van der Waals surface area contributed by atoms with Crippen LogP contribution >= 0.6 is 9.24 Å². The lowest BCUT2D eigenvalue weighted by Gasteiger charge is -2.17. The zero-order valence-electron chi connectivity index (χ0n) is 4.48. The summed E-state index contributed by atoms with van der Waals surface area (Å²) < 4.78 is 0. The normalized spacial score (nSPS) is 25.3. The SMILES string of the molecule is PC1CCNCC1. The Morgan fingerprint density at radius 1 is 1.29 bits per heavy atom. The third-order valence-electron chi connectivity index (χ3n) is 1.38. The van der Waals surface area contributed by atoms with E-state index in [9.17, 15) is 0 Å². The van der Waals surface area contributed by atoms with E-state index in [1.54, 1.807) is 0 Å². The predicted molar refractivity (Wildman–Crippen MR) is 35.6 cm³/mol. The number of hydrogen-bond donors (Lipinski definition) is 1. The molecule has 1 aliphatic rings. The van der Waals surface area contributed by atoms with Crippen molar-refractivity contribution in [2.45, 2.75) is 18.5 Å². The molecule has 0 amide bonds. The number of piperidine rings is 1. The largest absolute Gasteiger partial charge is 0.317 e. The predicted octanol–water partition coefficient (Wildman–Crippen LogP) is 0.613. The van der Waals surface area contributed by atoms with Gasteiger partial charge < -0.3 is 5.32 Å². The first-order valence-electron chi connectivity index (χ1n) is 2.86. The molecule has 1 fully saturated rings. The second kappa shape index (κ2) is 2.64. The molecule has 1 rings (SSSR count). The van der Waals surface area contributed by atoms with E-state index in [1.165, 1.54) is 25.9 Å². The quantitative estimate of drug-likeness (QED) is 0.458. The molecule has 0 bridgehead atoms. The van der Waals surface area contributed by atoms with Crippen LogP contribution in [0, 0.1) is 0 Å². The Morgan fingerprint density at radius 3 is 2.14 bits per heavy atom. The maximum atomic E-state index is 3.30. The van der Waals surface area contributed by atoms with Crippen molar-refractivity contribution in [3.8, 4) is 0 Å². The summed E-state index contributed by atoms with van der Waals surface area (Å²) in [6.45, 7) is 2.43.